The number of alkyl halides is 3. The van der Waals surface area contributed by atoms with Crippen molar-refractivity contribution in [3.8, 4) is 5.75 Å². The van der Waals surface area contributed by atoms with Crippen LogP contribution in [0.2, 0.25) is 0 Å². The lowest BCUT2D eigenvalue weighted by Crippen LogP contribution is -2.12. The minimum absolute atomic E-state index is 0.0943. The third-order valence-electron chi connectivity index (χ3n) is 3.77. The fourth-order valence-electron chi connectivity index (χ4n) is 2.54. The number of carbonyl (C=O) groups excluding carboxylic acids is 1. The van der Waals surface area contributed by atoms with Gasteiger partial charge in [0.1, 0.15) is 17.9 Å². The van der Waals surface area contributed by atoms with Gasteiger partial charge in [-0.25, -0.2) is 4.79 Å². The van der Waals surface area contributed by atoms with Crippen LogP contribution in [0.25, 0.3) is 10.8 Å². The first-order valence-electron chi connectivity index (χ1n) is 7.40. The van der Waals surface area contributed by atoms with E-state index in [2.05, 4.69) is 0 Å². The Kier molecular flexibility index (Phi) is 4.35. The summed E-state index contributed by atoms with van der Waals surface area (Å²) in [5.41, 5.74) is -1.10. The van der Waals surface area contributed by atoms with Crippen molar-refractivity contribution < 1.29 is 27.8 Å². The molecule has 3 nitrogen and oxygen atoms in total. The Balaban J connectivity index is 1.83. The molecule has 3 aromatic rings. The summed E-state index contributed by atoms with van der Waals surface area (Å²) in [6.07, 6.45) is -4.53. The minimum atomic E-state index is -4.53. The van der Waals surface area contributed by atoms with E-state index in [4.69, 9.17) is 4.74 Å². The third kappa shape index (κ3) is 3.57. The first-order valence-corrected chi connectivity index (χ1v) is 7.40. The van der Waals surface area contributed by atoms with Crippen LogP contribution in [0.15, 0.2) is 60.7 Å². The molecule has 0 fully saturated rings. The number of aromatic hydroxyl groups is 1. The lowest BCUT2D eigenvalue weighted by Gasteiger charge is -2.13. The van der Waals surface area contributed by atoms with Gasteiger partial charge in [0.25, 0.3) is 0 Å². The number of phenolic OH excluding ortho intramolecular Hbond substituents is 1. The largest absolute Gasteiger partial charge is 0.507 e. The van der Waals surface area contributed by atoms with Gasteiger partial charge >= 0.3 is 12.1 Å². The predicted molar refractivity (Wildman–Crippen MR) is 86.2 cm³/mol. The van der Waals surface area contributed by atoms with Gasteiger partial charge in [0.05, 0.1) is 5.56 Å². The van der Waals surface area contributed by atoms with Crippen LogP contribution in [-0.4, -0.2) is 11.1 Å². The minimum Gasteiger partial charge on any atom is -0.507 e. The van der Waals surface area contributed by atoms with Crippen molar-refractivity contribution in [1.29, 1.82) is 0 Å². The first-order chi connectivity index (χ1) is 11.9. The molecule has 0 aromatic heterocycles. The van der Waals surface area contributed by atoms with Gasteiger partial charge in [-0.05, 0) is 29.0 Å². The molecule has 0 radical (unpaired) electrons. The highest BCUT2D eigenvalue weighted by molar-refractivity contribution is 5.98. The fourth-order valence-corrected chi connectivity index (χ4v) is 2.54. The van der Waals surface area contributed by atoms with Gasteiger partial charge in [0.2, 0.25) is 0 Å². The smallest absolute Gasteiger partial charge is 0.416 e. The SMILES string of the molecule is O=C(OCc1ccccc1C(F)(F)F)c1cc2ccccc2cc1O. The number of carbonyl (C=O) groups is 1. The summed E-state index contributed by atoms with van der Waals surface area (Å²) in [6, 6.07) is 14.8. The van der Waals surface area contributed by atoms with Crippen molar-refractivity contribution >= 4 is 16.7 Å². The molecule has 6 heteroatoms. The molecule has 0 bridgehead atoms. The Morgan fingerprint density at radius 3 is 2.24 bits per heavy atom. The van der Waals surface area contributed by atoms with Crippen molar-refractivity contribution in [3.05, 3.63) is 77.4 Å². The number of halogens is 3. The van der Waals surface area contributed by atoms with Gasteiger partial charge in [-0.2, -0.15) is 13.2 Å². The molecule has 0 heterocycles. The summed E-state index contributed by atoms with van der Waals surface area (Å²) < 4.78 is 43.8. The van der Waals surface area contributed by atoms with Crippen LogP contribution in [0, 0.1) is 0 Å². The number of rotatable bonds is 3. The normalized spacial score (nSPS) is 11.5. The Morgan fingerprint density at radius 2 is 1.56 bits per heavy atom. The molecule has 0 aliphatic rings. The van der Waals surface area contributed by atoms with Gasteiger partial charge in [-0.15, -0.1) is 0 Å². The third-order valence-corrected chi connectivity index (χ3v) is 3.77. The standard InChI is InChI=1S/C19H13F3O3/c20-19(21,22)16-8-4-3-7-14(16)11-25-18(24)15-9-12-5-1-2-6-13(12)10-17(15)23/h1-10,23H,11H2. The van der Waals surface area contributed by atoms with Gasteiger partial charge in [-0.1, -0.05) is 42.5 Å². The molecule has 0 saturated heterocycles. The van der Waals surface area contributed by atoms with Gasteiger partial charge in [0, 0.05) is 5.56 Å². The highest BCUT2D eigenvalue weighted by Gasteiger charge is 2.33. The molecule has 0 unspecified atom stereocenters. The Morgan fingerprint density at radius 1 is 0.960 bits per heavy atom. The van der Waals surface area contributed by atoms with Crippen molar-refractivity contribution in [2.45, 2.75) is 12.8 Å². The summed E-state index contributed by atoms with van der Waals surface area (Å²) in [4.78, 5) is 12.2. The zero-order chi connectivity index (χ0) is 18.0. The second-order valence-electron chi connectivity index (χ2n) is 5.45. The van der Waals surface area contributed by atoms with Crippen LogP contribution in [0.3, 0.4) is 0 Å². The van der Waals surface area contributed by atoms with Crippen molar-refractivity contribution in [1.82, 2.24) is 0 Å². The topological polar surface area (TPSA) is 46.5 Å². The van der Waals surface area contributed by atoms with E-state index >= 15 is 0 Å². The molecule has 0 spiro atoms. The number of fused-ring (bicyclic) bond motifs is 1. The zero-order valence-electron chi connectivity index (χ0n) is 12.9. The van der Waals surface area contributed by atoms with Crippen molar-refractivity contribution in [2.24, 2.45) is 0 Å². The zero-order valence-corrected chi connectivity index (χ0v) is 12.9. The molecule has 0 saturated carbocycles. The van der Waals surface area contributed by atoms with Crippen LogP contribution in [0.5, 0.6) is 5.75 Å². The summed E-state index contributed by atoms with van der Waals surface area (Å²) in [6.45, 7) is -0.541. The highest BCUT2D eigenvalue weighted by Crippen LogP contribution is 2.32. The maximum atomic E-state index is 13.0. The second-order valence-corrected chi connectivity index (χ2v) is 5.45. The van der Waals surface area contributed by atoms with E-state index in [1.807, 2.05) is 0 Å². The molecule has 3 rings (SSSR count). The molecular formula is C19H13F3O3. The molecule has 0 amide bonds. The molecule has 0 atom stereocenters. The fraction of sp³-hybridized carbons (Fsp3) is 0.105. The van der Waals surface area contributed by atoms with E-state index < -0.39 is 24.3 Å². The molecular weight excluding hydrogens is 333 g/mol. The number of ether oxygens (including phenoxy) is 1. The van der Waals surface area contributed by atoms with Gasteiger partial charge < -0.3 is 9.84 Å². The summed E-state index contributed by atoms with van der Waals surface area (Å²) in [5, 5.41) is 11.4. The quantitative estimate of drug-likeness (QED) is 0.685. The molecule has 1 N–H and O–H groups in total. The van der Waals surface area contributed by atoms with E-state index in [9.17, 15) is 23.1 Å². The molecule has 3 aromatic carbocycles. The monoisotopic (exact) mass is 346 g/mol. The lowest BCUT2D eigenvalue weighted by molar-refractivity contribution is -0.138. The number of phenols is 1. The number of hydrogen-bond donors (Lipinski definition) is 1. The van der Waals surface area contributed by atoms with E-state index in [0.717, 1.165) is 11.5 Å². The molecule has 0 aliphatic heterocycles. The first kappa shape index (κ1) is 16.8. The van der Waals surface area contributed by atoms with Gasteiger partial charge in [-0.3, -0.25) is 0 Å². The second kappa shape index (κ2) is 6.47. The van der Waals surface area contributed by atoms with Crippen molar-refractivity contribution in [2.75, 3.05) is 0 Å². The predicted octanol–water partition coefficient (Wildman–Crippen LogP) is 4.92. The maximum absolute atomic E-state index is 13.0. The van der Waals surface area contributed by atoms with Crippen LogP contribution in [0.4, 0.5) is 13.2 Å². The van der Waals surface area contributed by atoms with Gasteiger partial charge in [0.15, 0.2) is 0 Å². The van der Waals surface area contributed by atoms with Crippen LogP contribution in [-0.2, 0) is 17.5 Å². The summed E-state index contributed by atoms with van der Waals surface area (Å²) in [5.74, 6) is -1.17. The van der Waals surface area contributed by atoms with E-state index in [0.29, 0.717) is 5.39 Å². The van der Waals surface area contributed by atoms with Crippen LogP contribution >= 0.6 is 0 Å². The Hall–Kier alpha value is -3.02. The Bertz CT molecular complexity index is 933. The number of hydrogen-bond acceptors (Lipinski definition) is 3. The number of esters is 1. The highest BCUT2D eigenvalue weighted by atomic mass is 19.4. The average Bonchev–Trinajstić information content (AvgIpc) is 2.58. The molecule has 0 aliphatic carbocycles. The maximum Gasteiger partial charge on any atom is 0.416 e. The van der Waals surface area contributed by atoms with E-state index in [1.165, 1.54) is 30.3 Å². The Labute approximate surface area is 141 Å². The van der Waals surface area contributed by atoms with E-state index in [-0.39, 0.29) is 16.9 Å². The number of benzene rings is 3. The summed E-state index contributed by atoms with van der Waals surface area (Å²) in [7, 11) is 0. The lowest BCUT2D eigenvalue weighted by atomic mass is 10.1. The summed E-state index contributed by atoms with van der Waals surface area (Å²) >= 11 is 0. The van der Waals surface area contributed by atoms with Crippen molar-refractivity contribution in [3.63, 3.8) is 0 Å². The van der Waals surface area contributed by atoms with Crippen LogP contribution < -0.4 is 0 Å². The molecule has 25 heavy (non-hydrogen) atoms. The van der Waals surface area contributed by atoms with Crippen LogP contribution in [0.1, 0.15) is 21.5 Å². The average molecular weight is 346 g/mol. The van der Waals surface area contributed by atoms with E-state index in [1.54, 1.807) is 24.3 Å². The molecule has 128 valence electrons.